The zero-order valence-electron chi connectivity index (χ0n) is 13.0. The Kier molecular flexibility index (Phi) is 6.96. The van der Waals surface area contributed by atoms with Crippen LogP contribution in [0.4, 0.5) is 4.39 Å². The second kappa shape index (κ2) is 9.00. The van der Waals surface area contributed by atoms with Gasteiger partial charge in [0.2, 0.25) is 0 Å². The summed E-state index contributed by atoms with van der Waals surface area (Å²) in [7, 11) is 0. The Bertz CT molecular complexity index is 419. The molecule has 1 heterocycles. The highest BCUT2D eigenvalue weighted by Crippen LogP contribution is 2.22. The average molecular weight is 294 g/mol. The maximum Gasteiger partial charge on any atom is 0.123 e. The Hall–Kier alpha value is -1.13. The van der Waals surface area contributed by atoms with Crippen molar-refractivity contribution in [3.05, 3.63) is 29.6 Å². The number of rotatable bonds is 8. The van der Waals surface area contributed by atoms with Crippen LogP contribution >= 0.6 is 0 Å². The van der Waals surface area contributed by atoms with Gasteiger partial charge in [0.15, 0.2) is 0 Å². The Morgan fingerprint density at radius 2 is 2.05 bits per heavy atom. The maximum absolute atomic E-state index is 13.4. The normalized spacial score (nSPS) is 16.1. The number of piperazine rings is 1. The molecule has 1 fully saturated rings. The molecule has 1 aromatic carbocycles. The van der Waals surface area contributed by atoms with E-state index in [1.807, 2.05) is 0 Å². The molecular weight excluding hydrogens is 267 g/mol. The van der Waals surface area contributed by atoms with Gasteiger partial charge < -0.3 is 15.0 Å². The van der Waals surface area contributed by atoms with E-state index in [1.54, 1.807) is 12.1 Å². The molecule has 118 valence electrons. The first-order valence-electron chi connectivity index (χ1n) is 8.14. The van der Waals surface area contributed by atoms with Crippen LogP contribution < -0.4 is 10.1 Å². The topological polar surface area (TPSA) is 24.5 Å². The molecule has 0 atom stereocenters. The summed E-state index contributed by atoms with van der Waals surface area (Å²) in [6.07, 6.45) is 4.10. The van der Waals surface area contributed by atoms with Gasteiger partial charge in [0, 0.05) is 26.2 Å². The third-order valence-corrected chi connectivity index (χ3v) is 3.86. The van der Waals surface area contributed by atoms with Gasteiger partial charge in [-0.3, -0.25) is 0 Å². The third kappa shape index (κ3) is 5.64. The van der Waals surface area contributed by atoms with Gasteiger partial charge in [-0.05, 0) is 56.0 Å². The van der Waals surface area contributed by atoms with Crippen LogP contribution in [0, 0.1) is 5.82 Å². The summed E-state index contributed by atoms with van der Waals surface area (Å²) < 4.78 is 19.1. The monoisotopic (exact) mass is 294 g/mol. The van der Waals surface area contributed by atoms with Crippen LogP contribution in [-0.2, 0) is 6.42 Å². The SMILES string of the molecule is CCCOc1ccc(F)cc1CCCCN1CCNCC1. The molecule has 21 heavy (non-hydrogen) atoms. The maximum atomic E-state index is 13.4. The molecule has 1 N–H and O–H groups in total. The highest BCUT2D eigenvalue weighted by atomic mass is 19.1. The smallest absolute Gasteiger partial charge is 0.123 e. The van der Waals surface area contributed by atoms with Gasteiger partial charge in [0.25, 0.3) is 0 Å². The van der Waals surface area contributed by atoms with E-state index >= 15 is 0 Å². The van der Waals surface area contributed by atoms with E-state index in [4.69, 9.17) is 4.74 Å². The minimum Gasteiger partial charge on any atom is -0.493 e. The number of aryl methyl sites for hydroxylation is 1. The quantitative estimate of drug-likeness (QED) is 0.746. The average Bonchev–Trinajstić information content (AvgIpc) is 2.52. The minimum absolute atomic E-state index is 0.170. The Morgan fingerprint density at radius 1 is 1.24 bits per heavy atom. The van der Waals surface area contributed by atoms with Gasteiger partial charge in [-0.25, -0.2) is 4.39 Å². The number of hydrogen-bond acceptors (Lipinski definition) is 3. The molecule has 2 rings (SSSR count). The van der Waals surface area contributed by atoms with Crippen molar-refractivity contribution in [1.82, 2.24) is 10.2 Å². The zero-order valence-corrected chi connectivity index (χ0v) is 13.0. The molecule has 0 unspecified atom stereocenters. The highest BCUT2D eigenvalue weighted by molar-refractivity contribution is 5.34. The van der Waals surface area contributed by atoms with Gasteiger partial charge in [0.1, 0.15) is 11.6 Å². The minimum atomic E-state index is -0.170. The fraction of sp³-hybridized carbons (Fsp3) is 0.647. The predicted octanol–water partition coefficient (Wildman–Crippen LogP) is 2.84. The summed E-state index contributed by atoms with van der Waals surface area (Å²) in [6.45, 7) is 8.39. The van der Waals surface area contributed by atoms with Gasteiger partial charge in [-0.15, -0.1) is 0 Å². The van der Waals surface area contributed by atoms with E-state index in [0.717, 1.165) is 69.7 Å². The third-order valence-electron chi connectivity index (χ3n) is 3.86. The first-order valence-corrected chi connectivity index (χ1v) is 8.14. The fourth-order valence-electron chi connectivity index (χ4n) is 2.68. The molecule has 1 aliphatic heterocycles. The summed E-state index contributed by atoms with van der Waals surface area (Å²) >= 11 is 0. The number of ether oxygens (including phenoxy) is 1. The van der Waals surface area contributed by atoms with E-state index in [1.165, 1.54) is 6.07 Å². The molecule has 3 nitrogen and oxygen atoms in total. The second-order valence-corrected chi connectivity index (χ2v) is 5.65. The number of nitrogens with zero attached hydrogens (tertiary/aromatic N) is 1. The van der Waals surface area contributed by atoms with Gasteiger partial charge in [0.05, 0.1) is 6.61 Å². The lowest BCUT2D eigenvalue weighted by Crippen LogP contribution is -2.43. The van der Waals surface area contributed by atoms with Crippen molar-refractivity contribution in [2.45, 2.75) is 32.6 Å². The molecule has 0 amide bonds. The molecule has 1 aromatic rings. The number of unbranched alkanes of at least 4 members (excludes halogenated alkanes) is 1. The Morgan fingerprint density at radius 3 is 2.81 bits per heavy atom. The second-order valence-electron chi connectivity index (χ2n) is 5.65. The van der Waals surface area contributed by atoms with Crippen molar-refractivity contribution in [1.29, 1.82) is 0 Å². The molecule has 0 spiro atoms. The Labute approximate surface area is 127 Å². The zero-order chi connectivity index (χ0) is 14.9. The molecule has 0 aromatic heterocycles. The molecule has 0 aliphatic carbocycles. The van der Waals surface area contributed by atoms with Crippen molar-refractivity contribution in [2.75, 3.05) is 39.3 Å². The van der Waals surface area contributed by atoms with Crippen LogP contribution in [0.15, 0.2) is 18.2 Å². The van der Waals surface area contributed by atoms with E-state index < -0.39 is 0 Å². The van der Waals surface area contributed by atoms with Crippen LogP contribution in [0.2, 0.25) is 0 Å². The molecule has 1 aliphatic rings. The van der Waals surface area contributed by atoms with Crippen LogP contribution in [0.1, 0.15) is 31.7 Å². The van der Waals surface area contributed by atoms with Crippen molar-refractivity contribution in [2.24, 2.45) is 0 Å². The first-order chi connectivity index (χ1) is 10.3. The number of benzene rings is 1. The van der Waals surface area contributed by atoms with E-state index in [-0.39, 0.29) is 5.82 Å². The summed E-state index contributed by atoms with van der Waals surface area (Å²) in [5.74, 6) is 0.677. The predicted molar refractivity (Wildman–Crippen MR) is 84.4 cm³/mol. The number of hydrogen-bond donors (Lipinski definition) is 1. The van der Waals surface area contributed by atoms with Crippen molar-refractivity contribution >= 4 is 0 Å². The van der Waals surface area contributed by atoms with Gasteiger partial charge in [-0.2, -0.15) is 0 Å². The summed E-state index contributed by atoms with van der Waals surface area (Å²) in [4.78, 5) is 2.50. The summed E-state index contributed by atoms with van der Waals surface area (Å²) in [5, 5.41) is 3.36. The van der Waals surface area contributed by atoms with E-state index in [9.17, 15) is 4.39 Å². The van der Waals surface area contributed by atoms with Crippen LogP contribution in [0.5, 0.6) is 5.75 Å². The van der Waals surface area contributed by atoms with E-state index in [2.05, 4.69) is 17.1 Å². The largest absolute Gasteiger partial charge is 0.493 e. The molecule has 0 saturated carbocycles. The lowest BCUT2D eigenvalue weighted by Gasteiger charge is -2.27. The van der Waals surface area contributed by atoms with Crippen LogP contribution in [0.25, 0.3) is 0 Å². The molecule has 1 saturated heterocycles. The number of halogens is 1. The lowest BCUT2D eigenvalue weighted by molar-refractivity contribution is 0.236. The van der Waals surface area contributed by atoms with Crippen LogP contribution in [-0.4, -0.2) is 44.2 Å². The van der Waals surface area contributed by atoms with Crippen molar-refractivity contribution < 1.29 is 9.13 Å². The van der Waals surface area contributed by atoms with Crippen molar-refractivity contribution in [3.8, 4) is 5.75 Å². The van der Waals surface area contributed by atoms with Crippen molar-refractivity contribution in [3.63, 3.8) is 0 Å². The van der Waals surface area contributed by atoms with E-state index in [0.29, 0.717) is 6.61 Å². The van der Waals surface area contributed by atoms with Gasteiger partial charge in [-0.1, -0.05) is 6.92 Å². The Balaban J connectivity index is 1.77. The molecular formula is C17H27FN2O. The highest BCUT2D eigenvalue weighted by Gasteiger charge is 2.09. The molecule has 4 heteroatoms. The van der Waals surface area contributed by atoms with Crippen LogP contribution in [0.3, 0.4) is 0 Å². The fourth-order valence-corrected chi connectivity index (χ4v) is 2.68. The number of nitrogens with one attached hydrogen (secondary N) is 1. The summed E-state index contributed by atoms with van der Waals surface area (Å²) in [5.41, 5.74) is 1.00. The molecule has 0 bridgehead atoms. The van der Waals surface area contributed by atoms with Gasteiger partial charge >= 0.3 is 0 Å². The standard InChI is InChI=1S/C17H27FN2O/c1-2-13-21-17-7-6-16(18)14-15(17)5-3-4-10-20-11-8-19-9-12-20/h6-7,14,19H,2-5,8-13H2,1H3. The summed E-state index contributed by atoms with van der Waals surface area (Å²) in [6, 6.07) is 4.86. The first kappa shape index (κ1) is 16.2. The molecule has 0 radical (unpaired) electrons. The lowest BCUT2D eigenvalue weighted by atomic mass is 10.1.